The largest absolute Gasteiger partial charge is 0.320 e. The first kappa shape index (κ1) is 13.0. The van der Waals surface area contributed by atoms with Crippen molar-refractivity contribution in [3.63, 3.8) is 0 Å². The molecule has 1 heterocycles. The van der Waals surface area contributed by atoms with Gasteiger partial charge in [-0.25, -0.2) is 0 Å². The van der Waals surface area contributed by atoms with E-state index in [0.717, 1.165) is 0 Å². The van der Waals surface area contributed by atoms with E-state index in [1.165, 1.54) is 14.7 Å². The van der Waals surface area contributed by atoms with Crippen LogP contribution < -0.4 is 5.73 Å². The van der Waals surface area contributed by atoms with Crippen LogP contribution in [0.25, 0.3) is 0 Å². The predicted molar refractivity (Wildman–Crippen MR) is 76.8 cm³/mol. The second-order valence-electron chi connectivity index (χ2n) is 3.06. The zero-order chi connectivity index (χ0) is 9.97. The highest BCUT2D eigenvalue weighted by Crippen LogP contribution is 2.25. The molecule has 0 aliphatic rings. The van der Waals surface area contributed by atoms with E-state index in [0.29, 0.717) is 0 Å². The van der Waals surface area contributed by atoms with Crippen molar-refractivity contribution in [2.75, 3.05) is 0 Å². The predicted octanol–water partition coefficient (Wildman–Crippen LogP) is 3.82. The van der Waals surface area contributed by atoms with Crippen LogP contribution in [0.5, 0.6) is 0 Å². The van der Waals surface area contributed by atoms with Gasteiger partial charge in [0.05, 0.1) is 6.04 Å². The van der Waals surface area contributed by atoms with E-state index >= 15 is 0 Å². The molecule has 1 atom stereocenters. The lowest BCUT2D eigenvalue weighted by atomic mass is 10.0. The summed E-state index contributed by atoms with van der Waals surface area (Å²) in [5.41, 5.74) is 8.56. The van der Waals surface area contributed by atoms with E-state index in [1.807, 2.05) is 12.1 Å². The number of hydrogen-bond donors (Lipinski definition) is 1. The van der Waals surface area contributed by atoms with Gasteiger partial charge in [-0.3, -0.25) is 0 Å². The first-order chi connectivity index (χ1) is 6.79. The summed E-state index contributed by atoms with van der Waals surface area (Å²) in [6.45, 7) is 0. The third-order valence-corrected chi connectivity index (χ3v) is 3.83. The quantitative estimate of drug-likeness (QED) is 0.818. The average molecular weight is 352 g/mol. The van der Waals surface area contributed by atoms with Crippen LogP contribution in [0.15, 0.2) is 41.1 Å². The fourth-order valence-electron chi connectivity index (χ4n) is 1.36. The standard InChI is InChI=1S/C11H10INS.ClH/c12-10-4-2-1-3-9(10)11(13)8-5-6-14-7-8;/h1-7,11H,13H2;1H/t11-;/m0./s1. The molecular weight excluding hydrogens is 341 g/mol. The molecule has 4 heteroatoms. The summed E-state index contributed by atoms with van der Waals surface area (Å²) in [6, 6.07) is 10.3. The highest BCUT2D eigenvalue weighted by atomic mass is 127. The van der Waals surface area contributed by atoms with E-state index in [1.54, 1.807) is 11.3 Å². The Balaban J connectivity index is 0.00000112. The molecule has 0 saturated carbocycles. The molecule has 1 nitrogen and oxygen atoms in total. The van der Waals surface area contributed by atoms with Crippen molar-refractivity contribution in [3.8, 4) is 0 Å². The maximum absolute atomic E-state index is 6.16. The number of halogens is 2. The van der Waals surface area contributed by atoms with Crippen molar-refractivity contribution in [2.45, 2.75) is 6.04 Å². The molecule has 80 valence electrons. The topological polar surface area (TPSA) is 26.0 Å². The third-order valence-electron chi connectivity index (χ3n) is 2.14. The normalized spacial score (nSPS) is 11.9. The monoisotopic (exact) mass is 351 g/mol. The van der Waals surface area contributed by atoms with Gasteiger partial charge in [-0.05, 0) is 56.6 Å². The van der Waals surface area contributed by atoms with Gasteiger partial charge in [-0.15, -0.1) is 12.4 Å². The van der Waals surface area contributed by atoms with Gasteiger partial charge in [0.2, 0.25) is 0 Å². The Morgan fingerprint density at radius 2 is 1.93 bits per heavy atom. The Hall–Kier alpha value is -0.100. The highest BCUT2D eigenvalue weighted by Gasteiger charge is 2.11. The minimum absolute atomic E-state index is 0. The molecule has 0 amide bonds. The van der Waals surface area contributed by atoms with Crippen LogP contribution in [-0.4, -0.2) is 0 Å². The number of hydrogen-bond acceptors (Lipinski definition) is 2. The van der Waals surface area contributed by atoms with Crippen LogP contribution in [0, 0.1) is 3.57 Å². The highest BCUT2D eigenvalue weighted by molar-refractivity contribution is 14.1. The first-order valence-corrected chi connectivity index (χ1v) is 6.33. The number of nitrogens with two attached hydrogens (primary N) is 1. The lowest BCUT2D eigenvalue weighted by molar-refractivity contribution is 0.870. The fraction of sp³-hybridized carbons (Fsp3) is 0.0909. The van der Waals surface area contributed by atoms with Crippen LogP contribution in [0.4, 0.5) is 0 Å². The first-order valence-electron chi connectivity index (χ1n) is 4.31. The number of benzene rings is 1. The average Bonchev–Trinajstić information content (AvgIpc) is 2.70. The molecule has 1 aromatic heterocycles. The van der Waals surface area contributed by atoms with Gasteiger partial charge in [0.1, 0.15) is 0 Å². The zero-order valence-electron chi connectivity index (χ0n) is 7.89. The molecule has 0 saturated heterocycles. The van der Waals surface area contributed by atoms with Crippen molar-refractivity contribution in [1.82, 2.24) is 0 Å². The van der Waals surface area contributed by atoms with E-state index in [9.17, 15) is 0 Å². The fourth-order valence-corrected chi connectivity index (χ4v) is 2.78. The Kier molecular flexibility index (Phi) is 5.05. The van der Waals surface area contributed by atoms with Crippen LogP contribution in [-0.2, 0) is 0 Å². The van der Waals surface area contributed by atoms with Crippen molar-refractivity contribution < 1.29 is 0 Å². The molecule has 0 fully saturated rings. The molecule has 0 aliphatic carbocycles. The lowest BCUT2D eigenvalue weighted by Gasteiger charge is -2.11. The Morgan fingerprint density at radius 3 is 2.53 bits per heavy atom. The van der Waals surface area contributed by atoms with Crippen LogP contribution in [0.2, 0.25) is 0 Å². The molecule has 0 spiro atoms. The van der Waals surface area contributed by atoms with Gasteiger partial charge in [0.15, 0.2) is 0 Å². The zero-order valence-corrected chi connectivity index (χ0v) is 11.7. The summed E-state index contributed by atoms with van der Waals surface area (Å²) in [4.78, 5) is 0. The molecule has 0 unspecified atom stereocenters. The summed E-state index contributed by atoms with van der Waals surface area (Å²) in [5, 5.41) is 4.17. The lowest BCUT2D eigenvalue weighted by Crippen LogP contribution is -2.12. The van der Waals surface area contributed by atoms with Crippen LogP contribution >= 0.6 is 46.3 Å². The molecule has 0 radical (unpaired) electrons. The molecule has 2 aromatic rings. The van der Waals surface area contributed by atoms with Gasteiger partial charge in [0.25, 0.3) is 0 Å². The van der Waals surface area contributed by atoms with Gasteiger partial charge in [-0.1, -0.05) is 18.2 Å². The van der Waals surface area contributed by atoms with E-state index < -0.39 is 0 Å². The summed E-state index contributed by atoms with van der Waals surface area (Å²) in [7, 11) is 0. The second-order valence-corrected chi connectivity index (χ2v) is 5.00. The van der Waals surface area contributed by atoms with Gasteiger partial charge in [0, 0.05) is 3.57 Å². The van der Waals surface area contributed by atoms with E-state index in [-0.39, 0.29) is 18.4 Å². The number of thiophene rings is 1. The molecule has 0 bridgehead atoms. The molecule has 2 rings (SSSR count). The van der Waals surface area contributed by atoms with Crippen molar-refractivity contribution >= 4 is 46.3 Å². The summed E-state index contributed by atoms with van der Waals surface area (Å²) in [5.74, 6) is 0. The van der Waals surface area contributed by atoms with E-state index in [4.69, 9.17) is 5.73 Å². The molecular formula is C11H11ClINS. The molecule has 0 aliphatic heterocycles. The smallest absolute Gasteiger partial charge is 0.0570 e. The summed E-state index contributed by atoms with van der Waals surface area (Å²) in [6.07, 6.45) is 0. The molecule has 2 N–H and O–H groups in total. The van der Waals surface area contributed by atoms with E-state index in [2.05, 4.69) is 51.6 Å². The molecule has 15 heavy (non-hydrogen) atoms. The van der Waals surface area contributed by atoms with Gasteiger partial charge >= 0.3 is 0 Å². The summed E-state index contributed by atoms with van der Waals surface area (Å²) >= 11 is 4.01. The SMILES string of the molecule is Cl.N[C@@H](c1ccsc1)c1ccccc1I. The molecule has 1 aromatic carbocycles. The van der Waals surface area contributed by atoms with Gasteiger partial charge in [-0.2, -0.15) is 11.3 Å². The summed E-state index contributed by atoms with van der Waals surface area (Å²) < 4.78 is 1.23. The Bertz CT molecular complexity index is 416. The Morgan fingerprint density at radius 1 is 1.20 bits per heavy atom. The minimum Gasteiger partial charge on any atom is -0.320 e. The third kappa shape index (κ3) is 2.93. The number of rotatable bonds is 2. The maximum atomic E-state index is 6.16. The van der Waals surface area contributed by atoms with Crippen molar-refractivity contribution in [3.05, 3.63) is 55.8 Å². The van der Waals surface area contributed by atoms with Crippen molar-refractivity contribution in [1.29, 1.82) is 0 Å². The van der Waals surface area contributed by atoms with Crippen LogP contribution in [0.1, 0.15) is 17.2 Å². The van der Waals surface area contributed by atoms with Gasteiger partial charge < -0.3 is 5.73 Å². The van der Waals surface area contributed by atoms with Crippen molar-refractivity contribution in [2.24, 2.45) is 5.73 Å². The maximum Gasteiger partial charge on any atom is 0.0570 e. The second kappa shape index (κ2) is 5.84. The minimum atomic E-state index is 0. The van der Waals surface area contributed by atoms with Crippen LogP contribution in [0.3, 0.4) is 0 Å². The Labute approximate surface area is 113 Å².